The largest absolute Gasteiger partial charge is 0.394 e. The molecule has 0 amide bonds. The summed E-state index contributed by atoms with van der Waals surface area (Å²) in [7, 11) is 0. The molecule has 0 radical (unpaired) electrons. The summed E-state index contributed by atoms with van der Waals surface area (Å²) in [6.45, 7) is 6.12. The van der Waals surface area contributed by atoms with Gasteiger partial charge in [-0.3, -0.25) is 0 Å². The Balaban J connectivity index is 3.31. The third-order valence-electron chi connectivity index (χ3n) is 3.72. The molecule has 0 aliphatic rings. The molecule has 1 rings (SSSR count). The first-order valence-electron chi connectivity index (χ1n) is 5.75. The molecule has 2 N–H and O–H groups in total. The SMILES string of the molecule is CCC(CC)(CC)c1cc(F)c(N)c(F)c1. The van der Waals surface area contributed by atoms with Gasteiger partial charge in [0.2, 0.25) is 0 Å². The zero-order valence-electron chi connectivity index (χ0n) is 10.1. The lowest BCUT2D eigenvalue weighted by Gasteiger charge is -2.31. The molecule has 1 nitrogen and oxygen atoms in total. The van der Waals surface area contributed by atoms with Crippen molar-refractivity contribution in [2.24, 2.45) is 0 Å². The zero-order chi connectivity index (χ0) is 12.3. The van der Waals surface area contributed by atoms with Gasteiger partial charge in [0.25, 0.3) is 0 Å². The first kappa shape index (κ1) is 12.9. The predicted octanol–water partition coefficient (Wildman–Crippen LogP) is 4.01. The number of nitrogens with two attached hydrogens (primary N) is 1. The first-order chi connectivity index (χ1) is 7.50. The van der Waals surface area contributed by atoms with Crippen LogP contribution < -0.4 is 5.73 Å². The summed E-state index contributed by atoms with van der Waals surface area (Å²) < 4.78 is 26.8. The highest BCUT2D eigenvalue weighted by molar-refractivity contribution is 5.45. The second kappa shape index (κ2) is 4.81. The summed E-state index contributed by atoms with van der Waals surface area (Å²) in [6, 6.07) is 2.74. The highest BCUT2D eigenvalue weighted by Gasteiger charge is 2.28. The van der Waals surface area contributed by atoms with E-state index in [1.807, 2.05) is 20.8 Å². The topological polar surface area (TPSA) is 26.0 Å². The lowest BCUT2D eigenvalue weighted by molar-refractivity contribution is 0.377. The minimum absolute atomic E-state index is 0.143. The Morgan fingerprint density at radius 1 is 1.00 bits per heavy atom. The molecule has 1 aromatic rings. The van der Waals surface area contributed by atoms with Gasteiger partial charge in [0.1, 0.15) is 17.3 Å². The Labute approximate surface area is 95.7 Å². The van der Waals surface area contributed by atoms with E-state index in [-0.39, 0.29) is 11.1 Å². The van der Waals surface area contributed by atoms with Gasteiger partial charge in [-0.2, -0.15) is 0 Å². The maximum absolute atomic E-state index is 13.4. The quantitative estimate of drug-likeness (QED) is 0.772. The van der Waals surface area contributed by atoms with Crippen molar-refractivity contribution < 1.29 is 8.78 Å². The summed E-state index contributed by atoms with van der Waals surface area (Å²) in [5.74, 6) is -1.32. The fourth-order valence-corrected chi connectivity index (χ4v) is 2.25. The predicted molar refractivity (Wildman–Crippen MR) is 63.3 cm³/mol. The summed E-state index contributed by atoms with van der Waals surface area (Å²) >= 11 is 0. The van der Waals surface area contributed by atoms with Crippen LogP contribution in [0.1, 0.15) is 45.6 Å². The van der Waals surface area contributed by atoms with Gasteiger partial charge in [0.15, 0.2) is 0 Å². The molecule has 0 aliphatic carbocycles. The average Bonchev–Trinajstić information content (AvgIpc) is 2.29. The summed E-state index contributed by atoms with van der Waals surface area (Å²) in [4.78, 5) is 0. The minimum Gasteiger partial charge on any atom is -0.394 e. The van der Waals surface area contributed by atoms with E-state index in [2.05, 4.69) is 0 Å². The van der Waals surface area contributed by atoms with Crippen LogP contribution >= 0.6 is 0 Å². The van der Waals surface area contributed by atoms with Crippen LogP contribution in [0.15, 0.2) is 12.1 Å². The van der Waals surface area contributed by atoms with Crippen LogP contribution in [0.3, 0.4) is 0 Å². The van der Waals surface area contributed by atoms with Crippen molar-refractivity contribution in [1.82, 2.24) is 0 Å². The van der Waals surface area contributed by atoms with Crippen LogP contribution in [0.25, 0.3) is 0 Å². The van der Waals surface area contributed by atoms with Crippen LogP contribution in [-0.4, -0.2) is 0 Å². The van der Waals surface area contributed by atoms with Gasteiger partial charge in [-0.05, 0) is 42.4 Å². The summed E-state index contributed by atoms with van der Waals surface area (Å²) in [6.07, 6.45) is 2.59. The number of anilines is 1. The van der Waals surface area contributed by atoms with E-state index in [0.29, 0.717) is 5.56 Å². The summed E-state index contributed by atoms with van der Waals surface area (Å²) in [5.41, 5.74) is 5.45. The van der Waals surface area contributed by atoms with E-state index in [1.54, 1.807) is 0 Å². The van der Waals surface area contributed by atoms with Gasteiger partial charge in [0, 0.05) is 0 Å². The van der Waals surface area contributed by atoms with Gasteiger partial charge in [-0.1, -0.05) is 20.8 Å². The van der Waals surface area contributed by atoms with Gasteiger partial charge in [0.05, 0.1) is 0 Å². The second-order valence-corrected chi connectivity index (χ2v) is 4.19. The molecule has 0 aromatic heterocycles. The zero-order valence-corrected chi connectivity index (χ0v) is 10.1. The molecule has 0 fully saturated rings. The smallest absolute Gasteiger partial charge is 0.149 e. The Morgan fingerprint density at radius 3 is 1.69 bits per heavy atom. The molecule has 0 bridgehead atoms. The molecule has 0 unspecified atom stereocenters. The first-order valence-corrected chi connectivity index (χ1v) is 5.75. The summed E-state index contributed by atoms with van der Waals surface area (Å²) in [5, 5.41) is 0. The Hall–Kier alpha value is -1.12. The number of halogens is 2. The van der Waals surface area contributed by atoms with Crippen LogP contribution in [0.2, 0.25) is 0 Å². The van der Waals surface area contributed by atoms with E-state index >= 15 is 0 Å². The van der Waals surface area contributed by atoms with Crippen molar-refractivity contribution >= 4 is 5.69 Å². The number of hydrogen-bond acceptors (Lipinski definition) is 1. The van der Waals surface area contributed by atoms with Crippen molar-refractivity contribution in [3.05, 3.63) is 29.3 Å². The highest BCUT2D eigenvalue weighted by Crippen LogP contribution is 2.36. The lowest BCUT2D eigenvalue weighted by Crippen LogP contribution is -2.24. The monoisotopic (exact) mass is 227 g/mol. The molecule has 0 saturated carbocycles. The van der Waals surface area contributed by atoms with E-state index in [1.165, 1.54) is 12.1 Å². The average molecular weight is 227 g/mol. The van der Waals surface area contributed by atoms with Crippen LogP contribution in [0.5, 0.6) is 0 Å². The van der Waals surface area contributed by atoms with Crippen molar-refractivity contribution in [2.75, 3.05) is 5.73 Å². The minimum atomic E-state index is -0.658. The molecular weight excluding hydrogens is 208 g/mol. The van der Waals surface area contributed by atoms with Crippen LogP contribution in [0.4, 0.5) is 14.5 Å². The molecular formula is C13H19F2N. The number of rotatable bonds is 4. The molecule has 0 spiro atoms. The fourth-order valence-electron chi connectivity index (χ4n) is 2.25. The van der Waals surface area contributed by atoms with Crippen LogP contribution in [0, 0.1) is 11.6 Å². The van der Waals surface area contributed by atoms with E-state index in [4.69, 9.17) is 5.73 Å². The highest BCUT2D eigenvalue weighted by atomic mass is 19.1. The molecule has 3 heteroatoms. The molecule has 16 heavy (non-hydrogen) atoms. The van der Waals surface area contributed by atoms with Crippen LogP contribution in [-0.2, 0) is 5.41 Å². The van der Waals surface area contributed by atoms with E-state index in [0.717, 1.165) is 19.3 Å². The van der Waals surface area contributed by atoms with E-state index < -0.39 is 11.6 Å². The molecule has 90 valence electrons. The second-order valence-electron chi connectivity index (χ2n) is 4.19. The fraction of sp³-hybridized carbons (Fsp3) is 0.538. The van der Waals surface area contributed by atoms with Gasteiger partial charge in [-0.15, -0.1) is 0 Å². The normalized spacial score (nSPS) is 11.8. The number of benzene rings is 1. The third-order valence-corrected chi connectivity index (χ3v) is 3.72. The number of nitrogen functional groups attached to an aromatic ring is 1. The molecule has 1 aromatic carbocycles. The molecule has 0 atom stereocenters. The molecule has 0 heterocycles. The van der Waals surface area contributed by atoms with Gasteiger partial charge >= 0.3 is 0 Å². The lowest BCUT2D eigenvalue weighted by atomic mass is 9.74. The molecule has 0 saturated heterocycles. The number of hydrogen-bond donors (Lipinski definition) is 1. The van der Waals surface area contributed by atoms with Crippen molar-refractivity contribution in [1.29, 1.82) is 0 Å². The van der Waals surface area contributed by atoms with Crippen molar-refractivity contribution in [3.63, 3.8) is 0 Å². The van der Waals surface area contributed by atoms with E-state index in [9.17, 15) is 8.78 Å². The van der Waals surface area contributed by atoms with Gasteiger partial charge in [-0.25, -0.2) is 8.78 Å². The Kier molecular flexibility index (Phi) is 3.89. The third kappa shape index (κ3) is 2.04. The van der Waals surface area contributed by atoms with Gasteiger partial charge < -0.3 is 5.73 Å². The maximum Gasteiger partial charge on any atom is 0.149 e. The maximum atomic E-state index is 13.4. The molecule has 0 aliphatic heterocycles. The standard InChI is InChI=1S/C13H19F2N/c1-4-13(5-2,6-3)9-7-10(14)12(16)11(15)8-9/h7-8H,4-6,16H2,1-3H3. The Morgan fingerprint density at radius 2 is 1.38 bits per heavy atom. The van der Waals surface area contributed by atoms with Crippen molar-refractivity contribution in [2.45, 2.75) is 45.4 Å². The Bertz CT molecular complexity index is 339. The van der Waals surface area contributed by atoms with Crippen molar-refractivity contribution in [3.8, 4) is 0 Å².